The lowest BCUT2D eigenvalue weighted by Gasteiger charge is -2.26. The lowest BCUT2D eigenvalue weighted by molar-refractivity contribution is -0.0159. The van der Waals surface area contributed by atoms with Gasteiger partial charge >= 0.3 is 0 Å². The number of anilines is 1. The van der Waals surface area contributed by atoms with E-state index >= 15 is 0 Å². The summed E-state index contributed by atoms with van der Waals surface area (Å²) in [7, 11) is 0. The largest absolute Gasteiger partial charge is 0.489 e. The maximum absolute atomic E-state index is 14.4. The van der Waals surface area contributed by atoms with E-state index in [0.29, 0.717) is 33.8 Å². The molecular weight excluding hydrogens is 441 g/mol. The van der Waals surface area contributed by atoms with Crippen LogP contribution in [0.3, 0.4) is 0 Å². The molecule has 0 saturated carbocycles. The molecule has 0 spiro atoms. The molecule has 34 heavy (non-hydrogen) atoms. The number of ether oxygens (including phenoxy) is 1. The Balaban J connectivity index is 1.64. The van der Waals surface area contributed by atoms with Crippen LogP contribution in [0, 0.1) is 6.92 Å². The van der Waals surface area contributed by atoms with Crippen LogP contribution in [0.2, 0.25) is 0 Å². The summed E-state index contributed by atoms with van der Waals surface area (Å²) in [4.78, 5) is 31.6. The van der Waals surface area contributed by atoms with Crippen molar-refractivity contribution in [3.05, 3.63) is 53.0 Å². The highest BCUT2D eigenvalue weighted by molar-refractivity contribution is 6.09. The van der Waals surface area contributed by atoms with Crippen molar-refractivity contribution in [2.24, 2.45) is 0 Å². The number of aromatic nitrogens is 3. The van der Waals surface area contributed by atoms with Gasteiger partial charge in [-0.25, -0.2) is 13.9 Å². The fraction of sp³-hybridized carbons (Fsp3) is 0.417. The Morgan fingerprint density at radius 2 is 2.06 bits per heavy atom. The first-order valence-electron chi connectivity index (χ1n) is 11.0. The van der Waals surface area contributed by atoms with Gasteiger partial charge in [0.1, 0.15) is 17.5 Å². The zero-order valence-corrected chi connectivity index (χ0v) is 19.8. The van der Waals surface area contributed by atoms with Crippen LogP contribution in [0.5, 0.6) is 5.75 Å². The van der Waals surface area contributed by atoms with E-state index in [9.17, 15) is 19.1 Å². The fourth-order valence-electron chi connectivity index (χ4n) is 3.73. The zero-order chi connectivity index (χ0) is 24.8. The van der Waals surface area contributed by atoms with Crippen molar-refractivity contribution in [1.82, 2.24) is 19.5 Å². The van der Waals surface area contributed by atoms with Crippen LogP contribution in [0.4, 0.5) is 10.1 Å². The van der Waals surface area contributed by atoms with Gasteiger partial charge in [0.25, 0.3) is 11.8 Å². The molecule has 1 atom stereocenters. The molecule has 3 heterocycles. The summed E-state index contributed by atoms with van der Waals surface area (Å²) in [5, 5.41) is 17.0. The van der Waals surface area contributed by atoms with Crippen LogP contribution in [0.15, 0.2) is 30.7 Å². The van der Waals surface area contributed by atoms with Crippen LogP contribution < -0.4 is 10.1 Å². The monoisotopic (exact) mass is 469 g/mol. The molecule has 0 radical (unpaired) electrons. The molecule has 3 aromatic rings. The predicted octanol–water partition coefficient (Wildman–Crippen LogP) is 3.14. The molecule has 2 amide bonds. The van der Waals surface area contributed by atoms with Crippen LogP contribution in [-0.4, -0.2) is 60.8 Å². The SMILES string of the molecule is Cc1cnc2c(C(=O)Nc3cc4c(cc3OC(C)C)C(=O)N(C[C@@H](F)C(C)(C)O)C4)cnn2c1. The number of nitrogens with one attached hydrogen (secondary N) is 1. The average Bonchev–Trinajstić information content (AvgIpc) is 3.28. The van der Waals surface area contributed by atoms with E-state index in [-0.39, 0.29) is 25.1 Å². The molecule has 180 valence electrons. The summed E-state index contributed by atoms with van der Waals surface area (Å²) >= 11 is 0. The molecule has 2 aromatic heterocycles. The first-order valence-corrected chi connectivity index (χ1v) is 11.0. The Morgan fingerprint density at radius 3 is 2.74 bits per heavy atom. The number of hydrogen-bond acceptors (Lipinski definition) is 6. The number of benzene rings is 1. The lowest BCUT2D eigenvalue weighted by atomic mass is 10.0. The second-order valence-corrected chi connectivity index (χ2v) is 9.39. The molecule has 0 aliphatic carbocycles. The molecule has 1 aliphatic heterocycles. The van der Waals surface area contributed by atoms with E-state index in [2.05, 4.69) is 15.4 Å². The third kappa shape index (κ3) is 4.58. The van der Waals surface area contributed by atoms with Gasteiger partial charge in [-0.05, 0) is 57.9 Å². The Bertz CT molecular complexity index is 1260. The van der Waals surface area contributed by atoms with Gasteiger partial charge in [0, 0.05) is 24.5 Å². The summed E-state index contributed by atoms with van der Waals surface area (Å²) in [6, 6.07) is 3.24. The van der Waals surface area contributed by atoms with E-state index in [4.69, 9.17) is 4.74 Å². The lowest BCUT2D eigenvalue weighted by Crippen LogP contribution is -2.42. The number of fused-ring (bicyclic) bond motifs is 2. The Hall–Kier alpha value is -3.53. The van der Waals surface area contributed by atoms with Crippen molar-refractivity contribution >= 4 is 23.1 Å². The quantitative estimate of drug-likeness (QED) is 0.550. The minimum absolute atomic E-state index is 0.160. The Morgan fingerprint density at radius 1 is 1.32 bits per heavy atom. The van der Waals surface area contributed by atoms with Crippen molar-refractivity contribution in [2.75, 3.05) is 11.9 Å². The average molecular weight is 470 g/mol. The van der Waals surface area contributed by atoms with Gasteiger partial charge < -0.3 is 20.1 Å². The Kier molecular flexibility index (Phi) is 6.03. The maximum Gasteiger partial charge on any atom is 0.261 e. The highest BCUT2D eigenvalue weighted by Crippen LogP contribution is 2.35. The van der Waals surface area contributed by atoms with E-state index in [1.165, 1.54) is 29.5 Å². The minimum Gasteiger partial charge on any atom is -0.489 e. The summed E-state index contributed by atoms with van der Waals surface area (Å²) in [6.07, 6.45) is 3.05. The van der Waals surface area contributed by atoms with Crippen molar-refractivity contribution < 1.29 is 23.8 Å². The van der Waals surface area contributed by atoms with Crippen LogP contribution in [0.1, 0.15) is 59.5 Å². The maximum atomic E-state index is 14.4. The Labute approximate surface area is 196 Å². The second kappa shape index (κ2) is 8.68. The van der Waals surface area contributed by atoms with Crippen LogP contribution >= 0.6 is 0 Å². The predicted molar refractivity (Wildman–Crippen MR) is 124 cm³/mol. The molecule has 1 aliphatic rings. The van der Waals surface area contributed by atoms with Crippen molar-refractivity contribution in [2.45, 2.75) is 59.0 Å². The number of nitrogens with zero attached hydrogens (tertiary/aromatic N) is 4. The second-order valence-electron chi connectivity index (χ2n) is 9.39. The molecule has 0 saturated heterocycles. The number of halogens is 1. The summed E-state index contributed by atoms with van der Waals surface area (Å²) in [6.45, 7) is 8.20. The van der Waals surface area contributed by atoms with Gasteiger partial charge in [0.2, 0.25) is 0 Å². The first-order chi connectivity index (χ1) is 15.9. The number of carbonyl (C=O) groups is 2. The number of carbonyl (C=O) groups excluding carboxylic acids is 2. The summed E-state index contributed by atoms with van der Waals surface area (Å²) in [5.41, 5.74) is 1.44. The first kappa shape index (κ1) is 23.6. The normalized spacial score (nSPS) is 14.6. The smallest absolute Gasteiger partial charge is 0.261 e. The number of amides is 2. The van der Waals surface area contributed by atoms with Gasteiger partial charge in [-0.2, -0.15) is 5.10 Å². The highest BCUT2D eigenvalue weighted by atomic mass is 19.1. The number of hydrogen-bond donors (Lipinski definition) is 2. The molecule has 10 heteroatoms. The number of aryl methyl sites for hydroxylation is 1. The van der Waals surface area contributed by atoms with Crippen molar-refractivity contribution in [1.29, 1.82) is 0 Å². The molecular formula is C24H28FN5O4. The van der Waals surface area contributed by atoms with E-state index in [0.717, 1.165) is 5.56 Å². The topological polar surface area (TPSA) is 109 Å². The van der Waals surface area contributed by atoms with Crippen molar-refractivity contribution in [3.63, 3.8) is 0 Å². The van der Waals surface area contributed by atoms with Crippen LogP contribution in [0.25, 0.3) is 5.65 Å². The van der Waals surface area contributed by atoms with Gasteiger partial charge in [-0.1, -0.05) is 0 Å². The minimum atomic E-state index is -1.61. The molecule has 0 unspecified atom stereocenters. The van der Waals surface area contributed by atoms with Gasteiger partial charge in [0.05, 0.1) is 30.1 Å². The molecule has 9 nitrogen and oxygen atoms in total. The summed E-state index contributed by atoms with van der Waals surface area (Å²) < 4.78 is 21.8. The number of rotatable bonds is 7. The van der Waals surface area contributed by atoms with E-state index in [1.54, 1.807) is 24.5 Å². The third-order valence-corrected chi connectivity index (χ3v) is 5.57. The number of alkyl halides is 1. The summed E-state index contributed by atoms with van der Waals surface area (Å²) in [5.74, 6) is -0.445. The van der Waals surface area contributed by atoms with E-state index < -0.39 is 17.7 Å². The van der Waals surface area contributed by atoms with Gasteiger partial charge in [0.15, 0.2) is 5.65 Å². The number of aliphatic hydroxyl groups is 1. The third-order valence-electron chi connectivity index (χ3n) is 5.57. The highest BCUT2D eigenvalue weighted by Gasteiger charge is 2.35. The standard InChI is InChI=1S/C24H28FN5O4/c1-13(2)34-19-7-16-15(11-29(23(16)32)12-20(25)24(4,5)33)6-18(19)28-22(31)17-9-27-30-10-14(3)8-26-21(17)30/h6-10,13,20,33H,11-12H2,1-5H3,(H,28,31)/t20-/m1/s1. The molecule has 0 fully saturated rings. The molecule has 2 N–H and O–H groups in total. The van der Waals surface area contributed by atoms with Crippen molar-refractivity contribution in [3.8, 4) is 5.75 Å². The molecule has 0 bridgehead atoms. The fourth-order valence-corrected chi connectivity index (χ4v) is 3.73. The van der Waals surface area contributed by atoms with Crippen LogP contribution in [-0.2, 0) is 6.54 Å². The zero-order valence-electron chi connectivity index (χ0n) is 19.8. The molecule has 1 aromatic carbocycles. The molecule has 4 rings (SSSR count). The van der Waals surface area contributed by atoms with E-state index in [1.807, 2.05) is 20.8 Å². The van der Waals surface area contributed by atoms with Gasteiger partial charge in [-0.15, -0.1) is 0 Å². The van der Waals surface area contributed by atoms with Gasteiger partial charge in [-0.3, -0.25) is 9.59 Å².